The minimum absolute atomic E-state index is 0.138. The largest absolute Gasteiger partial charge is 0.306 e. The molecule has 0 fully saturated rings. The fourth-order valence-electron chi connectivity index (χ4n) is 1.47. The van der Waals surface area contributed by atoms with Gasteiger partial charge < -0.3 is 4.98 Å². The summed E-state index contributed by atoms with van der Waals surface area (Å²) in [6.07, 6.45) is 5.06. The SMILES string of the molecule is O=c1ccc2ncc3cncn3c2[nH]1. The van der Waals surface area contributed by atoms with Crippen LogP contribution in [0.15, 0.2) is 35.6 Å². The summed E-state index contributed by atoms with van der Waals surface area (Å²) in [5.74, 6) is 0. The summed E-state index contributed by atoms with van der Waals surface area (Å²) in [5.41, 5.74) is 2.14. The van der Waals surface area contributed by atoms with Crippen molar-refractivity contribution in [1.82, 2.24) is 19.4 Å². The fourth-order valence-corrected chi connectivity index (χ4v) is 1.47. The molecule has 5 heteroatoms. The van der Waals surface area contributed by atoms with Crippen LogP contribution in [0.5, 0.6) is 0 Å². The normalized spacial score (nSPS) is 11.1. The monoisotopic (exact) mass is 186 g/mol. The standard InChI is InChI=1S/C9H6N4O/c14-8-2-1-7-9(12-8)13-5-10-3-6(13)4-11-7/h1-5H,(H,12,14). The van der Waals surface area contributed by atoms with Gasteiger partial charge in [-0.3, -0.25) is 14.2 Å². The maximum Gasteiger partial charge on any atom is 0.249 e. The van der Waals surface area contributed by atoms with Crippen LogP contribution >= 0.6 is 0 Å². The number of pyridine rings is 1. The Morgan fingerprint density at radius 1 is 1.29 bits per heavy atom. The van der Waals surface area contributed by atoms with E-state index in [9.17, 15) is 4.79 Å². The molecule has 0 aliphatic heterocycles. The van der Waals surface area contributed by atoms with Crippen molar-refractivity contribution in [2.45, 2.75) is 0 Å². The minimum Gasteiger partial charge on any atom is -0.306 e. The van der Waals surface area contributed by atoms with Crippen LogP contribution in [-0.4, -0.2) is 19.4 Å². The zero-order valence-electron chi connectivity index (χ0n) is 7.14. The lowest BCUT2D eigenvalue weighted by Crippen LogP contribution is -2.05. The summed E-state index contributed by atoms with van der Waals surface area (Å²) in [6.45, 7) is 0. The molecule has 0 unspecified atom stereocenters. The number of nitrogens with one attached hydrogen (secondary N) is 1. The average molecular weight is 186 g/mol. The molecule has 0 aromatic carbocycles. The van der Waals surface area contributed by atoms with Crippen molar-refractivity contribution in [3.8, 4) is 0 Å². The third-order valence-corrected chi connectivity index (χ3v) is 2.12. The van der Waals surface area contributed by atoms with Crippen molar-refractivity contribution in [2.75, 3.05) is 0 Å². The Bertz CT molecular complexity index is 667. The number of hydrogen-bond acceptors (Lipinski definition) is 3. The molecule has 3 aromatic rings. The first kappa shape index (κ1) is 7.25. The zero-order valence-corrected chi connectivity index (χ0v) is 7.14. The second kappa shape index (κ2) is 2.41. The molecular weight excluding hydrogens is 180 g/mol. The Hall–Kier alpha value is -2.17. The van der Waals surface area contributed by atoms with E-state index in [1.807, 2.05) is 0 Å². The fraction of sp³-hybridized carbons (Fsp3) is 0. The van der Waals surface area contributed by atoms with Crippen molar-refractivity contribution < 1.29 is 0 Å². The van der Waals surface area contributed by atoms with E-state index in [0.717, 1.165) is 11.0 Å². The van der Waals surface area contributed by atoms with Crippen molar-refractivity contribution in [1.29, 1.82) is 0 Å². The van der Waals surface area contributed by atoms with Gasteiger partial charge in [0.15, 0.2) is 0 Å². The molecule has 0 aliphatic rings. The molecule has 14 heavy (non-hydrogen) atoms. The highest BCUT2D eigenvalue weighted by molar-refractivity contribution is 5.73. The number of fused-ring (bicyclic) bond motifs is 3. The average Bonchev–Trinajstić information content (AvgIpc) is 2.65. The van der Waals surface area contributed by atoms with Crippen LogP contribution in [0.2, 0.25) is 0 Å². The molecule has 3 rings (SSSR count). The highest BCUT2D eigenvalue weighted by Crippen LogP contribution is 2.08. The van der Waals surface area contributed by atoms with Gasteiger partial charge in [0, 0.05) is 6.07 Å². The smallest absolute Gasteiger partial charge is 0.249 e. The highest BCUT2D eigenvalue weighted by atomic mass is 16.1. The second-order valence-electron chi connectivity index (χ2n) is 3.00. The van der Waals surface area contributed by atoms with Crippen molar-refractivity contribution >= 4 is 16.7 Å². The van der Waals surface area contributed by atoms with E-state index in [4.69, 9.17) is 0 Å². The Morgan fingerprint density at radius 3 is 3.14 bits per heavy atom. The summed E-state index contributed by atoms with van der Waals surface area (Å²) < 4.78 is 1.80. The van der Waals surface area contributed by atoms with E-state index in [1.165, 1.54) is 6.07 Å². The molecule has 3 heterocycles. The first-order chi connectivity index (χ1) is 6.84. The zero-order chi connectivity index (χ0) is 9.54. The van der Waals surface area contributed by atoms with Gasteiger partial charge in [0.2, 0.25) is 5.56 Å². The van der Waals surface area contributed by atoms with Gasteiger partial charge in [-0.25, -0.2) is 4.98 Å². The lowest BCUT2D eigenvalue weighted by molar-refractivity contribution is 1.12. The highest BCUT2D eigenvalue weighted by Gasteiger charge is 2.00. The number of aromatic amines is 1. The molecule has 68 valence electrons. The maximum atomic E-state index is 11.1. The van der Waals surface area contributed by atoms with Crippen molar-refractivity contribution in [2.24, 2.45) is 0 Å². The molecule has 0 bridgehead atoms. The summed E-state index contributed by atoms with van der Waals surface area (Å²) >= 11 is 0. The molecule has 1 N–H and O–H groups in total. The number of nitrogens with zero attached hydrogens (tertiary/aromatic N) is 3. The number of rotatable bonds is 0. The van der Waals surface area contributed by atoms with Gasteiger partial charge in [-0.2, -0.15) is 0 Å². The van der Waals surface area contributed by atoms with Crippen molar-refractivity contribution in [3.05, 3.63) is 41.2 Å². The van der Waals surface area contributed by atoms with Gasteiger partial charge >= 0.3 is 0 Å². The second-order valence-corrected chi connectivity index (χ2v) is 3.00. The molecule has 0 aliphatic carbocycles. The summed E-state index contributed by atoms with van der Waals surface area (Å²) in [5, 5.41) is 0. The minimum atomic E-state index is -0.138. The Kier molecular flexibility index (Phi) is 1.25. The molecular formula is C9H6N4O. The van der Waals surface area contributed by atoms with Gasteiger partial charge in [-0.1, -0.05) is 0 Å². The van der Waals surface area contributed by atoms with Gasteiger partial charge in [-0.05, 0) is 6.07 Å². The van der Waals surface area contributed by atoms with Crippen LogP contribution in [0.3, 0.4) is 0 Å². The predicted molar refractivity (Wildman–Crippen MR) is 51.1 cm³/mol. The third-order valence-electron chi connectivity index (χ3n) is 2.12. The number of hydrogen-bond donors (Lipinski definition) is 1. The summed E-state index contributed by atoms with van der Waals surface area (Å²) in [7, 11) is 0. The molecule has 0 atom stereocenters. The summed E-state index contributed by atoms with van der Waals surface area (Å²) in [6, 6.07) is 3.14. The maximum absolute atomic E-state index is 11.1. The van der Waals surface area contributed by atoms with Gasteiger partial charge in [-0.15, -0.1) is 0 Å². The van der Waals surface area contributed by atoms with Crippen molar-refractivity contribution in [3.63, 3.8) is 0 Å². The van der Waals surface area contributed by atoms with E-state index >= 15 is 0 Å². The summed E-state index contributed by atoms with van der Waals surface area (Å²) in [4.78, 5) is 22.0. The molecule has 0 amide bonds. The van der Waals surface area contributed by atoms with E-state index < -0.39 is 0 Å². The van der Waals surface area contributed by atoms with Crippen LogP contribution in [0.4, 0.5) is 0 Å². The van der Waals surface area contributed by atoms with Crippen LogP contribution in [0.1, 0.15) is 0 Å². The Labute approximate surface area is 78.1 Å². The molecule has 0 spiro atoms. The van der Waals surface area contributed by atoms with Crippen LogP contribution in [0.25, 0.3) is 16.7 Å². The number of H-pyrrole nitrogens is 1. The van der Waals surface area contributed by atoms with E-state index in [-0.39, 0.29) is 5.56 Å². The van der Waals surface area contributed by atoms with Gasteiger partial charge in [0.1, 0.15) is 17.5 Å². The molecule has 0 radical (unpaired) electrons. The first-order valence-electron chi connectivity index (χ1n) is 4.15. The lowest BCUT2D eigenvalue weighted by atomic mass is 10.4. The quantitative estimate of drug-likeness (QED) is 0.558. The van der Waals surface area contributed by atoms with Crippen LogP contribution in [0, 0.1) is 0 Å². The van der Waals surface area contributed by atoms with Gasteiger partial charge in [0.05, 0.1) is 17.9 Å². The molecule has 0 saturated carbocycles. The van der Waals surface area contributed by atoms with Crippen LogP contribution in [-0.2, 0) is 0 Å². The predicted octanol–water partition coefficient (Wildman–Crippen LogP) is 0.571. The molecule has 5 nitrogen and oxygen atoms in total. The van der Waals surface area contributed by atoms with E-state index in [0.29, 0.717) is 5.65 Å². The number of imidazole rings is 1. The molecule has 3 aromatic heterocycles. The lowest BCUT2D eigenvalue weighted by Gasteiger charge is -1.99. The van der Waals surface area contributed by atoms with Crippen LogP contribution < -0.4 is 5.56 Å². The first-order valence-corrected chi connectivity index (χ1v) is 4.15. The van der Waals surface area contributed by atoms with E-state index in [2.05, 4.69) is 15.0 Å². The number of aromatic nitrogens is 4. The van der Waals surface area contributed by atoms with E-state index in [1.54, 1.807) is 29.2 Å². The Morgan fingerprint density at radius 2 is 2.21 bits per heavy atom. The van der Waals surface area contributed by atoms with Gasteiger partial charge in [0.25, 0.3) is 0 Å². The molecule has 0 saturated heterocycles. The third kappa shape index (κ3) is 0.861. The topological polar surface area (TPSA) is 63.1 Å². The Balaban J connectivity index is 2.66.